The lowest BCUT2D eigenvalue weighted by Crippen LogP contribution is -2.57. The largest absolute Gasteiger partial charge is 0.497 e. The maximum Gasteiger partial charge on any atom is 0.123 e. The Morgan fingerprint density at radius 3 is 2.53 bits per heavy atom. The van der Waals surface area contributed by atoms with Crippen LogP contribution < -0.4 is 9.47 Å². The molecule has 4 rings (SSSR count). The lowest BCUT2D eigenvalue weighted by atomic mass is 9.45. The van der Waals surface area contributed by atoms with Crippen LogP contribution in [0.1, 0.15) is 33.6 Å². The van der Waals surface area contributed by atoms with Gasteiger partial charge in [0.2, 0.25) is 0 Å². The van der Waals surface area contributed by atoms with Gasteiger partial charge in [-0.1, -0.05) is 26.8 Å². The van der Waals surface area contributed by atoms with Gasteiger partial charge >= 0.3 is 0 Å². The van der Waals surface area contributed by atoms with E-state index >= 15 is 0 Å². The minimum atomic E-state index is 0.365. The maximum atomic E-state index is 6.22. The molecular formula is C17H24O2. The SMILES string of the molecule is COc1cccc(O[C@@H]2C[C@H]3C[C@@H]([C@@H]2C)C3(C)C)c1. The topological polar surface area (TPSA) is 18.5 Å². The van der Waals surface area contributed by atoms with Crippen molar-refractivity contribution >= 4 is 0 Å². The second-order valence-corrected chi connectivity index (χ2v) is 6.79. The molecule has 0 saturated heterocycles. The fraction of sp³-hybridized carbons (Fsp3) is 0.647. The van der Waals surface area contributed by atoms with E-state index in [0.29, 0.717) is 17.4 Å². The highest BCUT2D eigenvalue weighted by Gasteiger charge is 2.56. The van der Waals surface area contributed by atoms with Crippen LogP contribution in [0.4, 0.5) is 0 Å². The standard InChI is InChI=1S/C17H24O2/c1-11-15-8-12(17(15,2)3)9-16(11)19-14-7-5-6-13(10-14)18-4/h5-7,10-12,15-16H,8-9H2,1-4H3/t11-,12+,15-,16+/m0/s1. The number of methoxy groups -OCH3 is 1. The van der Waals surface area contributed by atoms with Crippen LogP contribution in [0.25, 0.3) is 0 Å². The smallest absolute Gasteiger partial charge is 0.123 e. The highest BCUT2D eigenvalue weighted by Crippen LogP contribution is 2.61. The fourth-order valence-corrected chi connectivity index (χ4v) is 4.11. The summed E-state index contributed by atoms with van der Waals surface area (Å²) >= 11 is 0. The molecule has 0 aliphatic heterocycles. The highest BCUT2D eigenvalue weighted by atomic mass is 16.5. The van der Waals surface area contributed by atoms with E-state index in [1.165, 1.54) is 12.8 Å². The Morgan fingerprint density at radius 2 is 1.89 bits per heavy atom. The first-order chi connectivity index (χ1) is 9.02. The summed E-state index contributed by atoms with van der Waals surface area (Å²) in [6.45, 7) is 7.20. The average molecular weight is 260 g/mol. The molecular weight excluding hydrogens is 236 g/mol. The van der Waals surface area contributed by atoms with Gasteiger partial charge in [-0.05, 0) is 48.1 Å². The van der Waals surface area contributed by atoms with Crippen LogP contribution in [0.2, 0.25) is 0 Å². The summed E-state index contributed by atoms with van der Waals surface area (Å²) in [5, 5.41) is 0. The Labute approximate surface area is 116 Å². The van der Waals surface area contributed by atoms with Gasteiger partial charge in [-0.3, -0.25) is 0 Å². The maximum absolute atomic E-state index is 6.22. The van der Waals surface area contributed by atoms with E-state index < -0.39 is 0 Å². The van der Waals surface area contributed by atoms with Crippen molar-refractivity contribution in [1.29, 1.82) is 0 Å². The summed E-state index contributed by atoms with van der Waals surface area (Å²) in [6, 6.07) is 7.96. The zero-order valence-electron chi connectivity index (χ0n) is 12.3. The molecule has 2 heteroatoms. The predicted octanol–water partition coefficient (Wildman–Crippen LogP) is 4.14. The van der Waals surface area contributed by atoms with Gasteiger partial charge in [-0.2, -0.15) is 0 Å². The Morgan fingerprint density at radius 1 is 1.16 bits per heavy atom. The molecule has 19 heavy (non-hydrogen) atoms. The average Bonchev–Trinajstić information content (AvgIpc) is 2.40. The molecule has 4 atom stereocenters. The molecule has 3 aliphatic carbocycles. The first-order valence-electron chi connectivity index (χ1n) is 7.33. The molecule has 1 aromatic rings. The van der Waals surface area contributed by atoms with Crippen molar-refractivity contribution in [1.82, 2.24) is 0 Å². The zero-order valence-corrected chi connectivity index (χ0v) is 12.3. The van der Waals surface area contributed by atoms with E-state index in [1.54, 1.807) is 7.11 Å². The normalized spacial score (nSPS) is 35.4. The molecule has 1 aromatic carbocycles. The van der Waals surface area contributed by atoms with Crippen molar-refractivity contribution in [3.8, 4) is 11.5 Å². The molecule has 3 aliphatic rings. The zero-order chi connectivity index (χ0) is 13.6. The summed E-state index contributed by atoms with van der Waals surface area (Å²) in [5.41, 5.74) is 0.521. The van der Waals surface area contributed by atoms with Gasteiger partial charge in [0.1, 0.15) is 17.6 Å². The number of hydrogen-bond donors (Lipinski definition) is 0. The molecule has 104 valence electrons. The second-order valence-electron chi connectivity index (χ2n) is 6.79. The first kappa shape index (κ1) is 12.8. The Bertz CT molecular complexity index is 466. The third kappa shape index (κ3) is 2.01. The number of fused-ring (bicyclic) bond motifs is 2. The van der Waals surface area contributed by atoms with Gasteiger partial charge < -0.3 is 9.47 Å². The van der Waals surface area contributed by atoms with Crippen LogP contribution in [-0.2, 0) is 0 Å². The van der Waals surface area contributed by atoms with Gasteiger partial charge in [0.25, 0.3) is 0 Å². The molecule has 0 aromatic heterocycles. The van der Waals surface area contributed by atoms with Crippen molar-refractivity contribution in [3.63, 3.8) is 0 Å². The van der Waals surface area contributed by atoms with E-state index in [9.17, 15) is 0 Å². The molecule has 0 radical (unpaired) electrons. The van der Waals surface area contributed by atoms with E-state index in [0.717, 1.165) is 23.3 Å². The van der Waals surface area contributed by atoms with Crippen molar-refractivity contribution in [2.75, 3.05) is 7.11 Å². The second kappa shape index (κ2) is 4.43. The van der Waals surface area contributed by atoms with E-state index in [-0.39, 0.29) is 0 Å². The van der Waals surface area contributed by atoms with Gasteiger partial charge in [0, 0.05) is 6.07 Å². The van der Waals surface area contributed by atoms with Crippen LogP contribution in [0.15, 0.2) is 24.3 Å². The fourth-order valence-electron chi connectivity index (χ4n) is 4.11. The third-order valence-corrected chi connectivity index (χ3v) is 5.61. The lowest BCUT2D eigenvalue weighted by molar-refractivity contribution is -0.147. The summed E-state index contributed by atoms with van der Waals surface area (Å²) in [5.74, 6) is 4.11. The van der Waals surface area contributed by atoms with Gasteiger partial charge in [0.05, 0.1) is 7.11 Å². The lowest BCUT2D eigenvalue weighted by Gasteiger charge is -2.61. The van der Waals surface area contributed by atoms with Crippen LogP contribution in [0.3, 0.4) is 0 Å². The molecule has 0 spiro atoms. The number of hydrogen-bond acceptors (Lipinski definition) is 2. The van der Waals surface area contributed by atoms with Gasteiger partial charge in [-0.15, -0.1) is 0 Å². The monoisotopic (exact) mass is 260 g/mol. The molecule has 3 fully saturated rings. The Balaban J connectivity index is 1.71. The predicted molar refractivity (Wildman–Crippen MR) is 76.6 cm³/mol. The minimum Gasteiger partial charge on any atom is -0.497 e. The quantitative estimate of drug-likeness (QED) is 0.813. The summed E-state index contributed by atoms with van der Waals surface area (Å²) in [6.07, 6.45) is 2.96. The third-order valence-electron chi connectivity index (χ3n) is 5.61. The molecule has 0 heterocycles. The molecule has 0 N–H and O–H groups in total. The number of benzene rings is 1. The van der Waals surface area contributed by atoms with Crippen molar-refractivity contribution < 1.29 is 9.47 Å². The van der Waals surface area contributed by atoms with Crippen LogP contribution in [0.5, 0.6) is 11.5 Å². The Hall–Kier alpha value is -1.18. The van der Waals surface area contributed by atoms with E-state index in [2.05, 4.69) is 20.8 Å². The molecule has 0 amide bonds. The number of ether oxygens (including phenoxy) is 2. The van der Waals surface area contributed by atoms with Crippen molar-refractivity contribution in [3.05, 3.63) is 24.3 Å². The summed E-state index contributed by atoms with van der Waals surface area (Å²) in [7, 11) is 1.69. The summed E-state index contributed by atoms with van der Waals surface area (Å²) < 4.78 is 11.5. The minimum absolute atomic E-state index is 0.365. The Kier molecular flexibility index (Phi) is 2.99. The van der Waals surface area contributed by atoms with Crippen LogP contribution in [0, 0.1) is 23.2 Å². The summed E-state index contributed by atoms with van der Waals surface area (Å²) in [4.78, 5) is 0. The molecule has 2 nitrogen and oxygen atoms in total. The highest BCUT2D eigenvalue weighted by molar-refractivity contribution is 5.33. The van der Waals surface area contributed by atoms with Crippen molar-refractivity contribution in [2.24, 2.45) is 23.2 Å². The van der Waals surface area contributed by atoms with Gasteiger partial charge in [0.15, 0.2) is 0 Å². The van der Waals surface area contributed by atoms with E-state index in [4.69, 9.17) is 9.47 Å². The molecule has 3 saturated carbocycles. The molecule has 0 unspecified atom stereocenters. The van der Waals surface area contributed by atoms with Crippen LogP contribution >= 0.6 is 0 Å². The van der Waals surface area contributed by atoms with E-state index in [1.807, 2.05) is 24.3 Å². The first-order valence-corrected chi connectivity index (χ1v) is 7.33. The van der Waals surface area contributed by atoms with Crippen molar-refractivity contribution in [2.45, 2.75) is 39.7 Å². The molecule has 2 bridgehead atoms. The number of rotatable bonds is 3. The van der Waals surface area contributed by atoms with Crippen LogP contribution in [-0.4, -0.2) is 13.2 Å². The van der Waals surface area contributed by atoms with Gasteiger partial charge in [-0.25, -0.2) is 0 Å².